The quantitative estimate of drug-likeness (QED) is 0.231. The SMILES string of the molecule is COC(=O)[C@H](CC1CCNC1=O)NC(=O)[C@H](CC1CCCCC1)NC(=O)OC(c1cccc(Cl)c1)C(C)(C)c1cccc(Cl)c1. The average Bonchev–Trinajstić information content (AvgIpc) is 3.43. The van der Waals surface area contributed by atoms with Crippen LogP contribution in [-0.4, -0.2) is 49.6 Å². The van der Waals surface area contributed by atoms with Gasteiger partial charge in [-0.1, -0.05) is 93.4 Å². The molecule has 3 N–H and O–H groups in total. The summed E-state index contributed by atoms with van der Waals surface area (Å²) in [7, 11) is 1.24. The van der Waals surface area contributed by atoms with Gasteiger partial charge < -0.3 is 25.4 Å². The zero-order chi connectivity index (χ0) is 32.6. The van der Waals surface area contributed by atoms with E-state index in [2.05, 4.69) is 16.0 Å². The predicted molar refractivity (Wildman–Crippen MR) is 173 cm³/mol. The molecule has 4 atom stereocenters. The van der Waals surface area contributed by atoms with Crippen LogP contribution in [0.25, 0.3) is 0 Å². The molecule has 0 radical (unpaired) electrons. The van der Waals surface area contributed by atoms with Crippen LogP contribution < -0.4 is 16.0 Å². The Balaban J connectivity index is 1.57. The Labute approximate surface area is 275 Å². The molecule has 2 unspecified atom stereocenters. The Hall–Kier alpha value is -3.30. The van der Waals surface area contributed by atoms with Crippen molar-refractivity contribution >= 4 is 47.1 Å². The van der Waals surface area contributed by atoms with E-state index in [1.165, 1.54) is 7.11 Å². The normalized spacial score (nSPS) is 19.1. The number of halogens is 2. The lowest BCUT2D eigenvalue weighted by Gasteiger charge is -2.35. The molecule has 1 saturated heterocycles. The van der Waals surface area contributed by atoms with Crippen LogP contribution in [0.5, 0.6) is 0 Å². The summed E-state index contributed by atoms with van der Waals surface area (Å²) in [4.78, 5) is 52.4. The summed E-state index contributed by atoms with van der Waals surface area (Å²) in [6.07, 6.45) is 4.60. The summed E-state index contributed by atoms with van der Waals surface area (Å²) in [6, 6.07) is 12.5. The van der Waals surface area contributed by atoms with E-state index in [0.29, 0.717) is 35.0 Å². The first-order chi connectivity index (χ1) is 21.5. The summed E-state index contributed by atoms with van der Waals surface area (Å²) in [5.74, 6) is -1.53. The fraction of sp³-hybridized carbons (Fsp3) is 0.529. The van der Waals surface area contributed by atoms with E-state index in [9.17, 15) is 19.2 Å². The second-order valence-corrected chi connectivity index (χ2v) is 13.5. The number of hydrogen-bond acceptors (Lipinski definition) is 6. The van der Waals surface area contributed by atoms with Crippen LogP contribution in [-0.2, 0) is 29.3 Å². The minimum atomic E-state index is -1.04. The predicted octanol–water partition coefficient (Wildman–Crippen LogP) is 6.26. The number of carbonyl (C=O) groups is 4. The van der Waals surface area contributed by atoms with Crippen molar-refractivity contribution in [2.45, 2.75) is 88.8 Å². The molecule has 1 aliphatic carbocycles. The maximum absolute atomic E-state index is 13.8. The summed E-state index contributed by atoms with van der Waals surface area (Å²) in [6.45, 7) is 4.41. The molecule has 0 spiro atoms. The van der Waals surface area contributed by atoms with E-state index in [-0.39, 0.29) is 18.2 Å². The molecule has 45 heavy (non-hydrogen) atoms. The third-order valence-corrected chi connectivity index (χ3v) is 9.46. The van der Waals surface area contributed by atoms with Crippen LogP contribution in [0.15, 0.2) is 48.5 Å². The van der Waals surface area contributed by atoms with Gasteiger partial charge in [-0.3, -0.25) is 9.59 Å². The highest BCUT2D eigenvalue weighted by Crippen LogP contribution is 2.41. The number of hydrogen-bond donors (Lipinski definition) is 3. The van der Waals surface area contributed by atoms with Gasteiger partial charge in [0.2, 0.25) is 11.8 Å². The standard InChI is InChI=1S/C34H43Cl2N3O6/c1-34(2,24-12-8-14-26(36)20-24)29(22-11-7-13-25(35)18-22)45-33(43)39-27(17-21-9-5-4-6-10-21)31(41)38-28(32(42)44-3)19-23-15-16-37-30(23)40/h7-8,11-14,18,20-21,23,27-29H,4-6,9-10,15-17,19H2,1-3H3,(H,37,40)(H,38,41)(H,39,43)/t23?,27-,28-,29?/m0/s1. The van der Waals surface area contributed by atoms with Crippen molar-refractivity contribution in [2.75, 3.05) is 13.7 Å². The molecule has 9 nitrogen and oxygen atoms in total. The largest absolute Gasteiger partial charge is 0.467 e. The fourth-order valence-corrected chi connectivity index (χ4v) is 6.79. The van der Waals surface area contributed by atoms with E-state index < -0.39 is 47.5 Å². The van der Waals surface area contributed by atoms with Crippen molar-refractivity contribution < 1.29 is 28.7 Å². The maximum Gasteiger partial charge on any atom is 0.408 e. The van der Waals surface area contributed by atoms with E-state index in [4.69, 9.17) is 32.7 Å². The molecule has 1 heterocycles. The number of esters is 1. The van der Waals surface area contributed by atoms with Gasteiger partial charge in [0.1, 0.15) is 18.2 Å². The van der Waals surface area contributed by atoms with Gasteiger partial charge in [0.15, 0.2) is 0 Å². The molecular formula is C34H43Cl2N3O6. The van der Waals surface area contributed by atoms with E-state index in [1.807, 2.05) is 38.1 Å². The first-order valence-electron chi connectivity index (χ1n) is 15.6. The number of nitrogens with one attached hydrogen (secondary N) is 3. The van der Waals surface area contributed by atoms with Crippen molar-refractivity contribution in [1.29, 1.82) is 0 Å². The van der Waals surface area contributed by atoms with E-state index in [1.54, 1.807) is 24.3 Å². The molecule has 4 rings (SSSR count). The number of benzene rings is 2. The maximum atomic E-state index is 13.8. The molecule has 2 aromatic rings. The lowest BCUT2D eigenvalue weighted by molar-refractivity contribution is -0.146. The Morgan fingerprint density at radius 3 is 2.24 bits per heavy atom. The highest BCUT2D eigenvalue weighted by molar-refractivity contribution is 6.31. The van der Waals surface area contributed by atoms with E-state index >= 15 is 0 Å². The van der Waals surface area contributed by atoms with Crippen molar-refractivity contribution in [3.8, 4) is 0 Å². The summed E-state index contributed by atoms with van der Waals surface area (Å²) < 4.78 is 11.1. The monoisotopic (exact) mass is 659 g/mol. The number of alkyl carbamates (subject to hydrolysis) is 1. The summed E-state index contributed by atoms with van der Waals surface area (Å²) in [5.41, 5.74) is 0.781. The minimum absolute atomic E-state index is 0.107. The molecule has 3 amide bonds. The zero-order valence-corrected chi connectivity index (χ0v) is 27.6. The highest BCUT2D eigenvalue weighted by Gasteiger charge is 2.38. The third-order valence-electron chi connectivity index (χ3n) is 8.99. The number of methoxy groups -OCH3 is 1. The van der Waals surface area contributed by atoms with Crippen molar-refractivity contribution in [1.82, 2.24) is 16.0 Å². The smallest absolute Gasteiger partial charge is 0.408 e. The van der Waals surface area contributed by atoms with Gasteiger partial charge in [-0.25, -0.2) is 9.59 Å². The minimum Gasteiger partial charge on any atom is -0.467 e. The molecule has 244 valence electrons. The molecule has 2 aliphatic rings. The summed E-state index contributed by atoms with van der Waals surface area (Å²) >= 11 is 12.7. The van der Waals surface area contributed by atoms with Crippen LogP contribution in [0.3, 0.4) is 0 Å². The Morgan fingerprint density at radius 1 is 0.933 bits per heavy atom. The second kappa shape index (κ2) is 15.8. The van der Waals surface area contributed by atoms with Crippen molar-refractivity contribution in [3.63, 3.8) is 0 Å². The summed E-state index contributed by atoms with van der Waals surface area (Å²) in [5, 5.41) is 9.38. The molecular weight excluding hydrogens is 617 g/mol. The number of ether oxygens (including phenoxy) is 2. The fourth-order valence-electron chi connectivity index (χ4n) is 6.40. The van der Waals surface area contributed by atoms with Crippen molar-refractivity contribution in [2.24, 2.45) is 11.8 Å². The molecule has 0 bridgehead atoms. The number of amides is 3. The van der Waals surface area contributed by atoms with Crippen LogP contribution in [0.4, 0.5) is 4.79 Å². The molecule has 1 aliphatic heterocycles. The number of carbonyl (C=O) groups excluding carboxylic acids is 4. The van der Waals surface area contributed by atoms with Gasteiger partial charge >= 0.3 is 12.1 Å². The van der Waals surface area contributed by atoms with Gasteiger partial charge in [-0.2, -0.15) is 0 Å². The lowest BCUT2D eigenvalue weighted by Crippen LogP contribution is -2.53. The topological polar surface area (TPSA) is 123 Å². The first kappa shape index (κ1) is 34.6. The molecule has 1 saturated carbocycles. The van der Waals surface area contributed by atoms with Gasteiger partial charge in [0.05, 0.1) is 7.11 Å². The van der Waals surface area contributed by atoms with Crippen LogP contribution >= 0.6 is 23.2 Å². The van der Waals surface area contributed by atoms with Crippen LogP contribution in [0, 0.1) is 11.8 Å². The van der Waals surface area contributed by atoms with Crippen molar-refractivity contribution in [3.05, 3.63) is 69.7 Å². The zero-order valence-electron chi connectivity index (χ0n) is 26.1. The second-order valence-electron chi connectivity index (χ2n) is 12.6. The van der Waals surface area contributed by atoms with Gasteiger partial charge in [0.25, 0.3) is 0 Å². The van der Waals surface area contributed by atoms with Crippen LogP contribution in [0.2, 0.25) is 10.0 Å². The molecule has 0 aromatic heterocycles. The average molecular weight is 661 g/mol. The Bertz CT molecular complexity index is 1360. The third kappa shape index (κ3) is 9.36. The molecule has 2 fully saturated rings. The lowest BCUT2D eigenvalue weighted by atomic mass is 9.76. The Morgan fingerprint density at radius 2 is 1.62 bits per heavy atom. The Kier molecular flexibility index (Phi) is 12.1. The van der Waals surface area contributed by atoms with Gasteiger partial charge in [0, 0.05) is 27.9 Å². The van der Waals surface area contributed by atoms with Crippen LogP contribution in [0.1, 0.15) is 82.4 Å². The van der Waals surface area contributed by atoms with E-state index in [0.717, 1.165) is 37.7 Å². The van der Waals surface area contributed by atoms with Gasteiger partial charge in [-0.05, 0) is 60.6 Å². The highest BCUT2D eigenvalue weighted by atomic mass is 35.5. The van der Waals surface area contributed by atoms with Gasteiger partial charge in [-0.15, -0.1) is 0 Å². The molecule has 2 aromatic carbocycles. The first-order valence-corrected chi connectivity index (χ1v) is 16.4. The molecule has 11 heteroatoms. The number of rotatable bonds is 12.